The Morgan fingerprint density at radius 3 is 0.801 bits per heavy atom. The van der Waals surface area contributed by atoms with Crippen LogP contribution in [0.4, 0.5) is 0 Å². The van der Waals surface area contributed by atoms with E-state index in [9.17, 15) is 140 Å². The molecular weight excluding hydrogens is 1850 g/mol. The molecule has 21 amide bonds. The smallest absolute Gasteiger partial charge is 0.305 e. The molecular formula is C90H138N22O29. The second-order valence-corrected chi connectivity index (χ2v) is 35.7. The first-order valence-electron chi connectivity index (χ1n) is 45.9. The topological polar surface area (TPSA) is 856 Å². The molecule has 51 nitrogen and oxygen atoms in total. The van der Waals surface area contributed by atoms with Gasteiger partial charge in [-0.15, -0.1) is 0 Å². The number of carboxylic acid groups (broad SMARTS) is 4. The predicted molar refractivity (Wildman–Crippen MR) is 500 cm³/mol. The van der Waals surface area contributed by atoms with Gasteiger partial charge in [-0.05, 0) is 85.2 Å². The average molecular weight is 1990 g/mol. The quantitative estimate of drug-likeness (QED) is 0.0293. The van der Waals surface area contributed by atoms with Gasteiger partial charge in [0.05, 0.1) is 32.2 Å². The third-order valence-electron chi connectivity index (χ3n) is 22.1. The van der Waals surface area contributed by atoms with Gasteiger partial charge in [-0.25, -0.2) is 0 Å². The summed E-state index contributed by atoms with van der Waals surface area (Å²) < 4.78 is 0. The number of nitrogens with one attached hydrogen (secondary N) is 16. The zero-order valence-electron chi connectivity index (χ0n) is 80.9. The molecule has 0 saturated heterocycles. The van der Waals surface area contributed by atoms with Crippen molar-refractivity contribution in [3.05, 3.63) is 71.8 Å². The predicted octanol–water partition coefficient (Wildman–Crippen LogP) is -6.87. The molecule has 782 valence electrons. The van der Waals surface area contributed by atoms with Gasteiger partial charge < -0.3 is 140 Å². The molecule has 0 fully saturated rings. The van der Waals surface area contributed by atoms with Crippen LogP contribution >= 0.6 is 0 Å². The van der Waals surface area contributed by atoms with E-state index in [1.165, 1.54) is 58.9 Å². The summed E-state index contributed by atoms with van der Waals surface area (Å²) in [6, 6.07) is -12.7. The first-order valence-corrected chi connectivity index (χ1v) is 45.9. The lowest BCUT2D eigenvalue weighted by Crippen LogP contribution is -2.62. The average Bonchev–Trinajstić information content (AvgIpc) is 0.846. The number of nitrogens with two attached hydrogens (primary N) is 6. The van der Waals surface area contributed by atoms with Crippen molar-refractivity contribution in [1.29, 1.82) is 0 Å². The highest BCUT2D eigenvalue weighted by molar-refractivity contribution is 6.03. The van der Waals surface area contributed by atoms with Crippen LogP contribution in [0.15, 0.2) is 60.7 Å². The van der Waals surface area contributed by atoms with Gasteiger partial charge in [0.25, 0.3) is 0 Å². The monoisotopic (exact) mass is 1990 g/mol. The van der Waals surface area contributed by atoms with Gasteiger partial charge in [-0.2, -0.15) is 0 Å². The number of rotatable bonds is 67. The van der Waals surface area contributed by atoms with E-state index >= 15 is 0 Å². The fourth-order valence-electron chi connectivity index (χ4n) is 14.0. The van der Waals surface area contributed by atoms with E-state index in [1.807, 2.05) is 0 Å². The Kier molecular flexibility index (Phi) is 53.3. The second kappa shape index (κ2) is 61.5. The molecule has 0 heterocycles. The highest BCUT2D eigenvalue weighted by atomic mass is 16.4. The first kappa shape index (κ1) is 122. The lowest BCUT2D eigenvalue weighted by atomic mass is 9.95. The van der Waals surface area contributed by atoms with Gasteiger partial charge in [0.15, 0.2) is 0 Å². The minimum atomic E-state index is -2.24. The van der Waals surface area contributed by atoms with Gasteiger partial charge in [-0.1, -0.05) is 157 Å². The van der Waals surface area contributed by atoms with Crippen molar-refractivity contribution in [3.63, 3.8) is 0 Å². The van der Waals surface area contributed by atoms with Crippen LogP contribution in [0, 0.1) is 35.5 Å². The highest BCUT2D eigenvalue weighted by Crippen LogP contribution is 2.19. The van der Waals surface area contributed by atoms with Gasteiger partial charge >= 0.3 is 23.9 Å². The lowest BCUT2D eigenvalue weighted by molar-refractivity contribution is -0.143. The number of primary amides is 5. The van der Waals surface area contributed by atoms with Crippen LogP contribution in [0.3, 0.4) is 0 Å². The number of carboxylic acids is 4. The summed E-state index contributed by atoms with van der Waals surface area (Å²) in [6.07, 6.45) is -11.1. The Balaban J connectivity index is 2.64. The molecule has 2 rings (SSSR count). The van der Waals surface area contributed by atoms with Crippen LogP contribution in [-0.4, -0.2) is 272 Å². The van der Waals surface area contributed by atoms with Gasteiger partial charge in [0.1, 0.15) is 96.7 Å². The summed E-state index contributed by atoms with van der Waals surface area (Å²) in [5.74, 6) is -35.1. The van der Waals surface area contributed by atoms with E-state index < -0.39 is 364 Å². The minimum absolute atomic E-state index is 0.0324. The highest BCUT2D eigenvalue weighted by Gasteiger charge is 2.43. The Bertz CT molecular complexity index is 4730. The summed E-state index contributed by atoms with van der Waals surface area (Å²) in [4.78, 5) is 339. The molecule has 51 heteroatoms. The van der Waals surface area contributed by atoms with Crippen molar-refractivity contribution in [1.82, 2.24) is 85.1 Å². The maximum absolute atomic E-state index is 14.8. The van der Waals surface area contributed by atoms with E-state index in [0.717, 1.165) is 0 Å². The fraction of sp³-hybridized carbons (Fsp3) is 0.589. The normalized spacial score (nSPS) is 15.0. The molecule has 0 spiro atoms. The van der Waals surface area contributed by atoms with E-state index in [0.29, 0.717) is 11.1 Å². The van der Waals surface area contributed by atoms with Crippen molar-refractivity contribution in [2.45, 2.75) is 295 Å². The zero-order valence-corrected chi connectivity index (χ0v) is 80.9. The largest absolute Gasteiger partial charge is 0.481 e. The number of carbonyl (C=O) groups excluding carboxylic acids is 21. The molecule has 0 aromatic heterocycles. The fourth-order valence-corrected chi connectivity index (χ4v) is 14.0. The number of hydrogen-bond donors (Lipinski definition) is 26. The van der Waals surface area contributed by atoms with E-state index in [-0.39, 0.29) is 38.0 Å². The molecule has 2 aromatic rings. The third kappa shape index (κ3) is 46.0. The molecule has 0 aliphatic carbocycles. The molecule has 0 radical (unpaired) electrons. The Labute approximate surface area is 813 Å². The standard InChI is InChI=1S/C90H138N22O29/c1-13-46(11)73(112-87(138)61(40-70(124)125)108-77(128)51(26-30-63(93)114)100-88(139)72(45(9)10)110-90(141)74(47(12)14-2)111-79(130)53(28-32-68(120)121)99-83(134)58(37-64(94)115)106-81(132)56(97-66(117)41-91)35-48-21-17-15-18-22-48)89(140)101-52(27-31-67(118)119)78(129)107-60(39-69(122)123)85(136)104-57(36-49-23-19-16-20-24-49)82(133)102-54(33-42(3)4)80(131)98-50(25-29-62(92)113)76(127)105-59(38-65(95)116)84(135)103-55(34-43(5)6)86(137)109-71(44(7)8)75(96)126/h15-24,42-47,50-61,71-74H,13-14,25-41,91H2,1-12H3,(H2,92,113)(H2,93,114)(H2,94,115)(H2,95,116)(H2,96,126)(H,97,117)(H,98,131)(H,99,134)(H,100,139)(H,101,140)(H,102,133)(H,103,135)(H,104,136)(H,105,127)(H,106,132)(H,107,129)(H,108,128)(H,109,137)(H,110,141)(H,111,130)(H,112,138)(H,118,119)(H,120,121)(H,122,123)(H,124,125)/t46-,47-,50-,51-,52-,53-,54-,55-,56-,57-,58-,59-,60-,61-,71-,72-,73-,74-/m0/s1. The molecule has 0 aliphatic rings. The first-order chi connectivity index (χ1) is 65.9. The second-order valence-electron chi connectivity index (χ2n) is 35.7. The van der Waals surface area contributed by atoms with Gasteiger partial charge in [0.2, 0.25) is 124 Å². The summed E-state index contributed by atoms with van der Waals surface area (Å²) in [7, 11) is 0. The van der Waals surface area contributed by atoms with Crippen molar-refractivity contribution in [3.8, 4) is 0 Å². The number of hydrogen-bond acceptors (Lipinski definition) is 26. The van der Waals surface area contributed by atoms with Gasteiger partial charge in [0, 0.05) is 38.5 Å². The van der Waals surface area contributed by atoms with Crippen LogP contribution in [0.25, 0.3) is 0 Å². The zero-order chi connectivity index (χ0) is 107. The minimum Gasteiger partial charge on any atom is -0.481 e. The third-order valence-corrected chi connectivity index (χ3v) is 22.1. The van der Waals surface area contributed by atoms with Crippen LogP contribution in [0.2, 0.25) is 0 Å². The van der Waals surface area contributed by atoms with Crippen molar-refractivity contribution >= 4 is 148 Å². The van der Waals surface area contributed by atoms with Crippen molar-refractivity contribution in [2.24, 2.45) is 69.9 Å². The molecule has 32 N–H and O–H groups in total. The van der Waals surface area contributed by atoms with Gasteiger partial charge in [-0.3, -0.25) is 120 Å². The SMILES string of the molecule is CC[C@H](C)[C@H](NC(=O)[C@H](CC(=O)O)NC(=O)[C@H](CCC(N)=O)NC(=O)[C@@H](NC(=O)[C@@H](NC(=O)[C@H](CCC(=O)O)NC(=O)[C@H](CC(N)=O)NC(=O)[C@H](Cc1ccccc1)NC(=O)CN)[C@@H](C)CC)C(C)C)C(=O)N[C@@H](CCC(=O)O)C(=O)N[C@@H](CC(=O)O)C(=O)N[C@@H](Cc1ccccc1)C(=O)N[C@@H](CC(C)C)C(=O)N[C@@H](CCC(N)=O)C(=O)N[C@@H](CC(N)=O)C(=O)N[C@@H](CC(C)C)C(=O)N[C@H](C(N)=O)C(C)C. The molecule has 0 unspecified atom stereocenters. The maximum atomic E-state index is 14.8. The lowest BCUT2D eigenvalue weighted by Gasteiger charge is -2.31. The summed E-state index contributed by atoms with van der Waals surface area (Å²) in [6.45, 7) is 18.0. The van der Waals surface area contributed by atoms with Crippen LogP contribution in [0.1, 0.15) is 197 Å². The molecule has 141 heavy (non-hydrogen) atoms. The van der Waals surface area contributed by atoms with Crippen molar-refractivity contribution < 1.29 is 140 Å². The molecule has 2 aromatic carbocycles. The van der Waals surface area contributed by atoms with E-state index in [2.05, 4.69) is 85.1 Å². The number of benzene rings is 2. The summed E-state index contributed by atoms with van der Waals surface area (Å²) >= 11 is 0. The van der Waals surface area contributed by atoms with Crippen LogP contribution < -0.4 is 119 Å². The van der Waals surface area contributed by atoms with Crippen molar-refractivity contribution in [2.75, 3.05) is 6.54 Å². The Morgan fingerprint density at radius 2 is 0.504 bits per heavy atom. The Morgan fingerprint density at radius 1 is 0.262 bits per heavy atom. The van der Waals surface area contributed by atoms with E-state index in [4.69, 9.17) is 34.4 Å². The number of aliphatic carboxylic acids is 4. The number of carbonyl (C=O) groups is 25. The molecule has 0 saturated carbocycles. The Hall–Kier alpha value is -14.8. The maximum Gasteiger partial charge on any atom is 0.305 e. The van der Waals surface area contributed by atoms with Crippen LogP contribution in [0.5, 0.6) is 0 Å². The molecule has 0 aliphatic heterocycles. The molecule has 0 bridgehead atoms. The van der Waals surface area contributed by atoms with Crippen LogP contribution in [-0.2, 0) is 133 Å². The summed E-state index contributed by atoms with van der Waals surface area (Å²) in [5, 5.41) is 77.8. The van der Waals surface area contributed by atoms with E-state index in [1.54, 1.807) is 84.9 Å². The summed E-state index contributed by atoms with van der Waals surface area (Å²) in [5.41, 5.74) is 33.8. The molecule has 18 atom stereocenters. The number of amides is 21.